The highest BCUT2D eigenvalue weighted by molar-refractivity contribution is 9.10. The molecule has 0 aliphatic heterocycles. The van der Waals surface area contributed by atoms with E-state index in [-0.39, 0.29) is 5.56 Å². The van der Waals surface area contributed by atoms with Crippen LogP contribution in [0.1, 0.15) is 55.1 Å². The fourth-order valence-electron chi connectivity index (χ4n) is 3.05. The number of rotatable bonds is 8. The number of hydrogen-bond donors (Lipinski definition) is 1. The molecule has 4 nitrogen and oxygen atoms in total. The minimum atomic E-state index is -0.973. The van der Waals surface area contributed by atoms with E-state index in [1.807, 2.05) is 24.3 Å². The van der Waals surface area contributed by atoms with Crippen LogP contribution in [-0.2, 0) is 6.42 Å². The number of halogens is 1. The second-order valence-corrected chi connectivity index (χ2v) is 7.37. The van der Waals surface area contributed by atoms with Gasteiger partial charge in [-0.3, -0.25) is 0 Å². The molecule has 0 atom stereocenters. The van der Waals surface area contributed by atoms with Gasteiger partial charge in [0.25, 0.3) is 0 Å². The van der Waals surface area contributed by atoms with Gasteiger partial charge in [-0.15, -0.1) is 0 Å². The Morgan fingerprint density at radius 1 is 1.12 bits per heavy atom. The lowest BCUT2D eigenvalue weighted by Crippen LogP contribution is -2.00. The minimum absolute atomic E-state index is 0.226. The van der Waals surface area contributed by atoms with Crippen LogP contribution in [0.25, 0.3) is 22.4 Å². The summed E-state index contributed by atoms with van der Waals surface area (Å²) in [5, 5.41) is 10.2. The predicted octanol–water partition coefficient (Wildman–Crippen LogP) is 6.47. The third-order valence-electron chi connectivity index (χ3n) is 4.44. The number of fused-ring (bicyclic) bond motifs is 1. The smallest absolute Gasteiger partial charge is 0.336 e. The van der Waals surface area contributed by atoms with Crippen molar-refractivity contribution in [2.45, 2.75) is 45.4 Å². The van der Waals surface area contributed by atoms with Crippen LogP contribution in [0, 0.1) is 0 Å². The summed E-state index contributed by atoms with van der Waals surface area (Å²) in [6.45, 7) is 2.21. The third kappa shape index (κ3) is 4.33. The number of pyridine rings is 1. The van der Waals surface area contributed by atoms with Gasteiger partial charge in [0.15, 0.2) is 5.76 Å². The van der Waals surface area contributed by atoms with Crippen LogP contribution in [0.2, 0.25) is 0 Å². The van der Waals surface area contributed by atoms with Crippen molar-refractivity contribution in [2.24, 2.45) is 0 Å². The molecular formula is C21H22BrNO3. The molecule has 5 heteroatoms. The second kappa shape index (κ2) is 8.49. The number of carbonyl (C=O) groups is 1. The zero-order valence-corrected chi connectivity index (χ0v) is 16.4. The number of aromatic carboxylic acids is 1. The highest BCUT2D eigenvalue weighted by Gasteiger charge is 2.15. The van der Waals surface area contributed by atoms with E-state index in [1.165, 1.54) is 25.7 Å². The van der Waals surface area contributed by atoms with Crippen molar-refractivity contribution in [3.05, 3.63) is 52.2 Å². The third-order valence-corrected chi connectivity index (χ3v) is 4.94. The van der Waals surface area contributed by atoms with Gasteiger partial charge in [-0.2, -0.15) is 0 Å². The Balaban J connectivity index is 1.84. The zero-order valence-electron chi connectivity index (χ0n) is 14.8. The molecule has 0 spiro atoms. The molecule has 0 saturated heterocycles. The number of aromatic nitrogens is 1. The fraction of sp³-hybridized carbons (Fsp3) is 0.333. The van der Waals surface area contributed by atoms with E-state index in [4.69, 9.17) is 4.42 Å². The first kappa shape index (κ1) is 18.6. The molecular weight excluding hydrogens is 394 g/mol. The van der Waals surface area contributed by atoms with Crippen molar-refractivity contribution in [1.82, 2.24) is 4.98 Å². The number of hydrogen-bond acceptors (Lipinski definition) is 3. The summed E-state index contributed by atoms with van der Waals surface area (Å²) in [5.41, 5.74) is 1.42. The van der Waals surface area contributed by atoms with E-state index < -0.39 is 5.97 Å². The molecule has 0 fully saturated rings. The normalized spacial score (nSPS) is 11.2. The van der Waals surface area contributed by atoms with E-state index in [0.29, 0.717) is 22.4 Å². The van der Waals surface area contributed by atoms with Gasteiger partial charge in [-0.1, -0.05) is 48.5 Å². The maximum atomic E-state index is 11.7. The number of nitrogens with zero attached hydrogens (tertiary/aromatic N) is 1. The number of carboxylic acids is 1. The molecule has 3 rings (SSSR count). The molecule has 1 N–H and O–H groups in total. The summed E-state index contributed by atoms with van der Waals surface area (Å²) in [6.07, 6.45) is 6.98. The molecule has 2 heterocycles. The lowest BCUT2D eigenvalue weighted by Gasteiger charge is -2.06. The van der Waals surface area contributed by atoms with E-state index in [2.05, 4.69) is 27.8 Å². The molecule has 2 aromatic heterocycles. The van der Waals surface area contributed by atoms with E-state index in [1.54, 1.807) is 12.1 Å². The number of unbranched alkanes of at least 4 members (excludes halogenated alkanes) is 4. The molecule has 0 bridgehead atoms. The Kier molecular flexibility index (Phi) is 6.09. The Bertz CT molecular complexity index is 917. The largest absolute Gasteiger partial charge is 0.478 e. The maximum absolute atomic E-state index is 11.7. The first-order valence-corrected chi connectivity index (χ1v) is 9.80. The van der Waals surface area contributed by atoms with Crippen molar-refractivity contribution < 1.29 is 14.3 Å². The Morgan fingerprint density at radius 2 is 1.92 bits per heavy atom. The van der Waals surface area contributed by atoms with Crippen LogP contribution in [0.5, 0.6) is 0 Å². The highest BCUT2D eigenvalue weighted by Crippen LogP contribution is 2.28. The molecule has 136 valence electrons. The van der Waals surface area contributed by atoms with Crippen LogP contribution in [0.15, 0.2) is 45.3 Å². The quantitative estimate of drug-likeness (QED) is 0.428. The van der Waals surface area contributed by atoms with Crippen LogP contribution in [0.3, 0.4) is 0 Å². The Hall–Kier alpha value is -2.14. The van der Waals surface area contributed by atoms with Crippen LogP contribution in [0.4, 0.5) is 0 Å². The van der Waals surface area contributed by atoms with E-state index in [9.17, 15) is 9.90 Å². The van der Waals surface area contributed by atoms with Crippen molar-refractivity contribution in [3.63, 3.8) is 0 Å². The summed E-state index contributed by atoms with van der Waals surface area (Å²) < 4.78 is 6.74. The first-order chi connectivity index (χ1) is 12.6. The topological polar surface area (TPSA) is 63.3 Å². The van der Waals surface area contributed by atoms with Crippen LogP contribution < -0.4 is 0 Å². The average molecular weight is 416 g/mol. The fourth-order valence-corrected chi connectivity index (χ4v) is 3.41. The van der Waals surface area contributed by atoms with Crippen molar-refractivity contribution in [2.75, 3.05) is 0 Å². The highest BCUT2D eigenvalue weighted by atomic mass is 79.9. The van der Waals surface area contributed by atoms with Gasteiger partial charge in [0, 0.05) is 16.3 Å². The molecule has 0 aliphatic carbocycles. The molecule has 26 heavy (non-hydrogen) atoms. The second-order valence-electron chi connectivity index (χ2n) is 6.45. The molecule has 3 aromatic rings. The van der Waals surface area contributed by atoms with Gasteiger partial charge in [-0.25, -0.2) is 9.78 Å². The van der Waals surface area contributed by atoms with Gasteiger partial charge in [0.1, 0.15) is 11.5 Å². The molecule has 1 aromatic carbocycles. The number of carboxylic acid groups (broad SMARTS) is 1. The number of furan rings is 1. The molecule has 0 unspecified atom stereocenters. The van der Waals surface area contributed by atoms with Gasteiger partial charge in [0.05, 0.1) is 11.1 Å². The average Bonchev–Trinajstić information content (AvgIpc) is 3.09. The summed E-state index contributed by atoms with van der Waals surface area (Å²) in [5.74, 6) is 0.561. The van der Waals surface area contributed by atoms with Crippen molar-refractivity contribution >= 4 is 32.8 Å². The van der Waals surface area contributed by atoms with Crippen LogP contribution in [-0.4, -0.2) is 16.1 Å². The predicted molar refractivity (Wildman–Crippen MR) is 107 cm³/mol. The Labute approximate surface area is 161 Å². The minimum Gasteiger partial charge on any atom is -0.478 e. The van der Waals surface area contributed by atoms with Crippen molar-refractivity contribution in [3.8, 4) is 11.5 Å². The molecule has 0 aliphatic rings. The van der Waals surface area contributed by atoms with Gasteiger partial charge < -0.3 is 9.52 Å². The molecule has 0 amide bonds. The lowest BCUT2D eigenvalue weighted by molar-refractivity contribution is 0.0699. The van der Waals surface area contributed by atoms with Gasteiger partial charge >= 0.3 is 5.97 Å². The standard InChI is InChI=1S/C21H22BrNO3/c1-2-3-4-5-6-7-15-9-11-20(26-15)19-13-17(21(24)25)16-12-14(22)8-10-18(16)23-19/h8-13H,2-7H2,1H3,(H,24,25). The van der Waals surface area contributed by atoms with Gasteiger partial charge in [0.2, 0.25) is 0 Å². The summed E-state index contributed by atoms with van der Waals surface area (Å²) >= 11 is 3.38. The van der Waals surface area contributed by atoms with E-state index in [0.717, 1.165) is 23.1 Å². The monoisotopic (exact) mass is 415 g/mol. The summed E-state index contributed by atoms with van der Waals surface area (Å²) in [6, 6.07) is 10.9. The summed E-state index contributed by atoms with van der Waals surface area (Å²) in [4.78, 5) is 16.3. The number of aryl methyl sites for hydroxylation is 1. The van der Waals surface area contributed by atoms with Crippen LogP contribution >= 0.6 is 15.9 Å². The van der Waals surface area contributed by atoms with Gasteiger partial charge in [-0.05, 0) is 42.8 Å². The summed E-state index contributed by atoms with van der Waals surface area (Å²) in [7, 11) is 0. The van der Waals surface area contributed by atoms with Crippen molar-refractivity contribution in [1.29, 1.82) is 0 Å². The lowest BCUT2D eigenvalue weighted by atomic mass is 10.1. The molecule has 0 saturated carbocycles. The first-order valence-electron chi connectivity index (χ1n) is 9.01. The number of benzene rings is 1. The Morgan fingerprint density at radius 3 is 2.69 bits per heavy atom. The SMILES string of the molecule is CCCCCCCc1ccc(-c2cc(C(=O)O)c3cc(Br)ccc3n2)o1. The maximum Gasteiger partial charge on any atom is 0.336 e. The zero-order chi connectivity index (χ0) is 18.5. The molecule has 0 radical (unpaired) electrons. The van der Waals surface area contributed by atoms with E-state index >= 15 is 0 Å².